The Morgan fingerprint density at radius 2 is 2.05 bits per heavy atom. The molecule has 0 saturated carbocycles. The number of hydrogen-bond acceptors (Lipinski definition) is 4. The van der Waals surface area contributed by atoms with Crippen molar-refractivity contribution in [3.8, 4) is 5.75 Å². The van der Waals surface area contributed by atoms with Crippen LogP contribution < -0.4 is 10.1 Å². The molecule has 1 N–H and O–H groups in total. The molecule has 0 fully saturated rings. The number of aryl methyl sites for hydroxylation is 1. The van der Waals surface area contributed by atoms with Gasteiger partial charge in [0.1, 0.15) is 11.6 Å². The first-order valence-corrected chi connectivity index (χ1v) is 6.58. The molecule has 0 aliphatic carbocycles. The van der Waals surface area contributed by atoms with Crippen LogP contribution in [0.1, 0.15) is 31.3 Å². The van der Waals surface area contributed by atoms with Gasteiger partial charge in [-0.25, -0.2) is 4.39 Å². The van der Waals surface area contributed by atoms with Crippen LogP contribution in [0.15, 0.2) is 30.6 Å². The van der Waals surface area contributed by atoms with Gasteiger partial charge >= 0.3 is 0 Å². The summed E-state index contributed by atoms with van der Waals surface area (Å²) >= 11 is 0. The SMILES string of the molecule is CCOc1cc(F)ccc1NC(C)c1nccnc1C. The molecule has 0 aliphatic rings. The van der Waals surface area contributed by atoms with Crippen molar-refractivity contribution in [2.75, 3.05) is 11.9 Å². The van der Waals surface area contributed by atoms with E-state index in [9.17, 15) is 4.39 Å². The molecule has 1 aromatic heterocycles. The predicted molar refractivity (Wildman–Crippen MR) is 76.4 cm³/mol. The topological polar surface area (TPSA) is 47.0 Å². The van der Waals surface area contributed by atoms with Crippen molar-refractivity contribution in [1.29, 1.82) is 0 Å². The highest BCUT2D eigenvalue weighted by Crippen LogP contribution is 2.29. The van der Waals surface area contributed by atoms with Crippen LogP contribution in [0.5, 0.6) is 5.75 Å². The Labute approximate surface area is 118 Å². The van der Waals surface area contributed by atoms with Crippen LogP contribution in [-0.2, 0) is 0 Å². The van der Waals surface area contributed by atoms with Gasteiger partial charge in [-0.15, -0.1) is 0 Å². The average molecular weight is 275 g/mol. The minimum atomic E-state index is -0.317. The van der Waals surface area contributed by atoms with E-state index in [1.807, 2.05) is 20.8 Å². The van der Waals surface area contributed by atoms with Crippen LogP contribution in [0.4, 0.5) is 10.1 Å². The highest BCUT2D eigenvalue weighted by molar-refractivity contribution is 5.57. The second-order valence-corrected chi connectivity index (χ2v) is 4.47. The average Bonchev–Trinajstić information content (AvgIpc) is 2.42. The first-order chi connectivity index (χ1) is 9.61. The molecule has 1 atom stereocenters. The third-order valence-electron chi connectivity index (χ3n) is 2.94. The maximum absolute atomic E-state index is 13.3. The molecule has 5 heteroatoms. The third kappa shape index (κ3) is 3.23. The summed E-state index contributed by atoms with van der Waals surface area (Å²) in [4.78, 5) is 8.55. The van der Waals surface area contributed by atoms with E-state index in [1.54, 1.807) is 18.5 Å². The van der Waals surface area contributed by atoms with Gasteiger partial charge in [0.05, 0.1) is 29.7 Å². The fourth-order valence-electron chi connectivity index (χ4n) is 2.04. The molecule has 0 amide bonds. The molecule has 1 aromatic carbocycles. The number of ether oxygens (including phenoxy) is 1. The Balaban J connectivity index is 2.23. The second kappa shape index (κ2) is 6.32. The number of nitrogens with one attached hydrogen (secondary N) is 1. The molecule has 2 aromatic rings. The van der Waals surface area contributed by atoms with Crippen molar-refractivity contribution in [3.05, 3.63) is 47.8 Å². The highest BCUT2D eigenvalue weighted by Gasteiger charge is 2.13. The van der Waals surface area contributed by atoms with Gasteiger partial charge in [0, 0.05) is 18.5 Å². The number of hydrogen-bond donors (Lipinski definition) is 1. The van der Waals surface area contributed by atoms with Gasteiger partial charge in [0.25, 0.3) is 0 Å². The number of aromatic nitrogens is 2. The summed E-state index contributed by atoms with van der Waals surface area (Å²) in [6.45, 7) is 6.24. The molecule has 20 heavy (non-hydrogen) atoms. The van der Waals surface area contributed by atoms with Gasteiger partial charge < -0.3 is 10.1 Å². The van der Waals surface area contributed by atoms with E-state index in [0.717, 1.165) is 17.1 Å². The van der Waals surface area contributed by atoms with E-state index in [-0.39, 0.29) is 11.9 Å². The Kier molecular flexibility index (Phi) is 4.50. The summed E-state index contributed by atoms with van der Waals surface area (Å²) in [5.74, 6) is 0.184. The molecule has 0 saturated heterocycles. The molecule has 106 valence electrons. The van der Waals surface area contributed by atoms with Crippen molar-refractivity contribution >= 4 is 5.69 Å². The Morgan fingerprint density at radius 3 is 2.75 bits per heavy atom. The largest absolute Gasteiger partial charge is 0.492 e. The van der Waals surface area contributed by atoms with Gasteiger partial charge in [-0.05, 0) is 32.9 Å². The number of nitrogens with zero attached hydrogens (tertiary/aromatic N) is 2. The Hall–Kier alpha value is -2.17. The molecule has 2 rings (SSSR count). The summed E-state index contributed by atoms with van der Waals surface area (Å²) in [6.07, 6.45) is 3.32. The maximum atomic E-state index is 13.3. The van der Waals surface area contributed by atoms with Crippen LogP contribution in [-0.4, -0.2) is 16.6 Å². The lowest BCUT2D eigenvalue weighted by atomic mass is 10.1. The van der Waals surface area contributed by atoms with Crippen molar-refractivity contribution in [1.82, 2.24) is 9.97 Å². The molecule has 0 aliphatic heterocycles. The summed E-state index contributed by atoms with van der Waals surface area (Å²) in [6, 6.07) is 4.40. The second-order valence-electron chi connectivity index (χ2n) is 4.47. The molecule has 1 heterocycles. The van der Waals surface area contributed by atoms with Crippen LogP contribution in [0.2, 0.25) is 0 Å². The smallest absolute Gasteiger partial charge is 0.145 e. The Morgan fingerprint density at radius 1 is 1.30 bits per heavy atom. The number of anilines is 1. The zero-order valence-corrected chi connectivity index (χ0v) is 11.9. The minimum absolute atomic E-state index is 0.0478. The minimum Gasteiger partial charge on any atom is -0.492 e. The number of benzene rings is 1. The van der Waals surface area contributed by atoms with Gasteiger partial charge in [-0.3, -0.25) is 9.97 Å². The zero-order chi connectivity index (χ0) is 14.5. The fraction of sp³-hybridized carbons (Fsp3) is 0.333. The lowest BCUT2D eigenvalue weighted by Gasteiger charge is -2.18. The van der Waals surface area contributed by atoms with E-state index in [1.165, 1.54) is 12.1 Å². The standard InChI is InChI=1S/C15H18FN3O/c1-4-20-14-9-12(16)5-6-13(14)19-11(3)15-10(2)17-7-8-18-15/h5-9,11,19H,4H2,1-3H3. The van der Waals surface area contributed by atoms with E-state index in [4.69, 9.17) is 4.74 Å². The molecular formula is C15H18FN3O. The highest BCUT2D eigenvalue weighted by atomic mass is 19.1. The van der Waals surface area contributed by atoms with Gasteiger partial charge in [0.15, 0.2) is 0 Å². The van der Waals surface area contributed by atoms with Crippen molar-refractivity contribution in [3.63, 3.8) is 0 Å². The third-order valence-corrected chi connectivity index (χ3v) is 2.94. The van der Waals surface area contributed by atoms with E-state index in [2.05, 4.69) is 15.3 Å². The van der Waals surface area contributed by atoms with E-state index >= 15 is 0 Å². The van der Waals surface area contributed by atoms with Crippen molar-refractivity contribution in [2.45, 2.75) is 26.8 Å². The number of halogens is 1. The molecule has 1 unspecified atom stereocenters. The van der Waals surface area contributed by atoms with Crippen molar-refractivity contribution in [2.24, 2.45) is 0 Å². The summed E-state index contributed by atoms with van der Waals surface area (Å²) < 4.78 is 18.7. The molecule has 4 nitrogen and oxygen atoms in total. The first kappa shape index (κ1) is 14.2. The zero-order valence-electron chi connectivity index (χ0n) is 11.9. The Bertz CT molecular complexity index is 589. The summed E-state index contributed by atoms with van der Waals surface area (Å²) in [5, 5.41) is 3.29. The molecular weight excluding hydrogens is 257 g/mol. The van der Waals surface area contributed by atoms with Crippen LogP contribution in [0.3, 0.4) is 0 Å². The predicted octanol–water partition coefficient (Wildman–Crippen LogP) is 3.50. The molecule has 0 spiro atoms. The number of rotatable bonds is 5. The van der Waals surface area contributed by atoms with Crippen LogP contribution in [0.25, 0.3) is 0 Å². The lowest BCUT2D eigenvalue weighted by molar-refractivity contribution is 0.339. The monoisotopic (exact) mass is 275 g/mol. The maximum Gasteiger partial charge on any atom is 0.145 e. The normalized spacial score (nSPS) is 12.0. The van der Waals surface area contributed by atoms with Gasteiger partial charge in [0.2, 0.25) is 0 Å². The van der Waals surface area contributed by atoms with E-state index in [0.29, 0.717) is 12.4 Å². The van der Waals surface area contributed by atoms with Crippen LogP contribution in [0, 0.1) is 12.7 Å². The summed E-state index contributed by atoms with van der Waals surface area (Å²) in [5.41, 5.74) is 2.47. The van der Waals surface area contributed by atoms with E-state index < -0.39 is 0 Å². The van der Waals surface area contributed by atoms with Crippen LogP contribution >= 0.6 is 0 Å². The quantitative estimate of drug-likeness (QED) is 0.907. The first-order valence-electron chi connectivity index (χ1n) is 6.58. The van der Waals surface area contributed by atoms with Gasteiger partial charge in [-0.1, -0.05) is 0 Å². The summed E-state index contributed by atoms with van der Waals surface area (Å²) in [7, 11) is 0. The molecule has 0 radical (unpaired) electrons. The van der Waals surface area contributed by atoms with Crippen molar-refractivity contribution < 1.29 is 9.13 Å². The van der Waals surface area contributed by atoms with Gasteiger partial charge in [-0.2, -0.15) is 0 Å². The fourth-order valence-corrected chi connectivity index (χ4v) is 2.04. The molecule has 0 bridgehead atoms. The lowest BCUT2D eigenvalue weighted by Crippen LogP contribution is -2.12.